The van der Waals surface area contributed by atoms with Gasteiger partial charge in [-0.3, -0.25) is 38.4 Å². The number of fused-ring (bicyclic) bond motifs is 1. The number of nitrogens with zero attached hydrogens (tertiary/aromatic N) is 5. The SMILES string of the molecule is CC[C@H](C)[C@@H]1NC(=O)[C@@H]2CCCN2C(=O)[C@H](Cc2cccc(-c3ccc(F)cc3)c2)N(C)C(=O)[C@H](Cc2ccccc2)NC(=O)C(C(C)C)N(C)C(=O)[C@@H]([C@@H](C)CC)OC(=O)[C@H](C(C)(C)O)N(C)C(=O)[C@H](CC(C)C)NC(=O)C(C(C)C)N(C)C1=O. The number of hydrogen-bond acceptors (Lipinski definition) is 11. The topological polar surface area (TPSA) is 235 Å². The normalized spacial score (nSPS) is 25.3. The van der Waals surface area contributed by atoms with Crippen LogP contribution < -0.4 is 16.0 Å². The Balaban J connectivity index is 1.73. The molecule has 0 aromatic heterocycles. The molecular weight excluding hydrogens is 1100 g/mol. The number of halogens is 1. The van der Waals surface area contributed by atoms with Crippen LogP contribution in [0.2, 0.25) is 0 Å². The molecule has 0 spiro atoms. The van der Waals surface area contributed by atoms with Gasteiger partial charge in [0, 0.05) is 53.5 Å². The summed E-state index contributed by atoms with van der Waals surface area (Å²) in [5.41, 5.74) is 0.698. The molecule has 2 unspecified atom stereocenters. The molecule has 3 aromatic carbocycles. The Bertz CT molecular complexity index is 2860. The van der Waals surface area contributed by atoms with E-state index in [1.807, 2.05) is 32.9 Å². The maximum atomic E-state index is 15.6. The van der Waals surface area contributed by atoms with Gasteiger partial charge in [-0.05, 0) is 97.6 Å². The van der Waals surface area contributed by atoms with Gasteiger partial charge in [0.2, 0.25) is 41.4 Å². The molecule has 0 bridgehead atoms. The average molecular weight is 1200 g/mol. The lowest BCUT2D eigenvalue weighted by atomic mass is 9.93. The number of benzene rings is 3. The van der Waals surface area contributed by atoms with Crippen LogP contribution in [0.3, 0.4) is 0 Å². The number of rotatable bonds is 14. The summed E-state index contributed by atoms with van der Waals surface area (Å²) in [4.78, 5) is 142. The number of carbonyl (C=O) groups is 9. The largest absolute Gasteiger partial charge is 0.450 e. The van der Waals surface area contributed by atoms with Crippen LogP contribution >= 0.6 is 0 Å². The lowest BCUT2D eigenvalue weighted by molar-refractivity contribution is -0.177. The fraction of sp³-hybridized carbons (Fsp3) is 0.591. The van der Waals surface area contributed by atoms with E-state index in [9.17, 15) is 33.5 Å². The number of amides is 8. The number of ether oxygens (including phenoxy) is 1. The molecule has 11 atom stereocenters. The Morgan fingerprint density at radius 1 is 0.593 bits per heavy atom. The molecule has 3 aromatic rings. The molecule has 2 aliphatic rings. The van der Waals surface area contributed by atoms with Crippen molar-refractivity contribution in [3.8, 4) is 11.1 Å². The molecule has 2 fully saturated rings. The molecule has 86 heavy (non-hydrogen) atoms. The number of nitrogens with one attached hydrogen (secondary N) is 3. The van der Waals surface area contributed by atoms with Gasteiger partial charge in [-0.2, -0.15) is 0 Å². The second kappa shape index (κ2) is 30.4. The summed E-state index contributed by atoms with van der Waals surface area (Å²) >= 11 is 0. The summed E-state index contributed by atoms with van der Waals surface area (Å²) in [6, 6.07) is 11.7. The van der Waals surface area contributed by atoms with E-state index < -0.39 is 143 Å². The van der Waals surface area contributed by atoms with E-state index in [1.165, 1.54) is 73.8 Å². The zero-order valence-corrected chi connectivity index (χ0v) is 53.4. The van der Waals surface area contributed by atoms with Crippen molar-refractivity contribution < 1.29 is 57.4 Å². The van der Waals surface area contributed by atoms with E-state index in [0.29, 0.717) is 41.5 Å². The summed E-state index contributed by atoms with van der Waals surface area (Å²) in [6.07, 6.45) is -0.251. The molecule has 2 aliphatic heterocycles. The van der Waals surface area contributed by atoms with Crippen LogP contribution in [-0.2, 0) is 60.7 Å². The van der Waals surface area contributed by atoms with Gasteiger partial charge >= 0.3 is 5.97 Å². The maximum absolute atomic E-state index is 15.6. The number of cyclic esters (lactones) is 1. The van der Waals surface area contributed by atoms with Gasteiger partial charge in [0.15, 0.2) is 12.1 Å². The van der Waals surface area contributed by atoms with E-state index in [1.54, 1.807) is 103 Å². The lowest BCUT2D eigenvalue weighted by Gasteiger charge is -2.39. The Kier molecular flexibility index (Phi) is 24.6. The van der Waals surface area contributed by atoms with E-state index in [-0.39, 0.29) is 38.1 Å². The van der Waals surface area contributed by atoms with Crippen molar-refractivity contribution in [2.75, 3.05) is 34.7 Å². The molecule has 0 aliphatic carbocycles. The monoisotopic (exact) mass is 1190 g/mol. The molecule has 0 saturated carbocycles. The quantitative estimate of drug-likeness (QED) is 0.133. The second-order valence-corrected chi connectivity index (χ2v) is 25.4. The number of hydrogen-bond donors (Lipinski definition) is 4. The summed E-state index contributed by atoms with van der Waals surface area (Å²) in [5, 5.41) is 20.5. The highest BCUT2D eigenvalue weighted by molar-refractivity contribution is 5.99. The van der Waals surface area contributed by atoms with Gasteiger partial charge in [0.1, 0.15) is 48.1 Å². The van der Waals surface area contributed by atoms with E-state index in [4.69, 9.17) is 4.74 Å². The third kappa shape index (κ3) is 17.1. The average Bonchev–Trinajstić information content (AvgIpc) is 2.56. The highest BCUT2D eigenvalue weighted by Crippen LogP contribution is 2.29. The molecular formula is C66H95FN8O11. The van der Waals surface area contributed by atoms with Gasteiger partial charge < -0.3 is 50.3 Å². The van der Waals surface area contributed by atoms with Gasteiger partial charge in [-0.15, -0.1) is 0 Å². The van der Waals surface area contributed by atoms with Crippen LogP contribution in [0.1, 0.15) is 126 Å². The van der Waals surface area contributed by atoms with Crippen LogP contribution in [0, 0.1) is 35.4 Å². The van der Waals surface area contributed by atoms with E-state index in [2.05, 4.69) is 16.0 Å². The lowest BCUT2D eigenvalue weighted by Crippen LogP contribution is -2.63. The fourth-order valence-corrected chi connectivity index (χ4v) is 11.9. The van der Waals surface area contributed by atoms with Crippen molar-refractivity contribution in [2.24, 2.45) is 29.6 Å². The van der Waals surface area contributed by atoms with Crippen LogP contribution in [0.4, 0.5) is 4.39 Å². The Morgan fingerprint density at radius 2 is 1.14 bits per heavy atom. The molecule has 0 radical (unpaired) electrons. The zero-order chi connectivity index (χ0) is 64.2. The molecule has 8 amide bonds. The third-order valence-corrected chi connectivity index (χ3v) is 17.1. The summed E-state index contributed by atoms with van der Waals surface area (Å²) < 4.78 is 20.2. The van der Waals surface area contributed by atoms with Crippen LogP contribution in [0.25, 0.3) is 11.1 Å². The minimum Gasteiger partial charge on any atom is -0.450 e. The molecule has 20 heteroatoms. The number of carbonyl (C=O) groups excluding carboxylic acids is 9. The van der Waals surface area contributed by atoms with E-state index >= 15 is 19.2 Å². The number of likely N-dealkylation sites (N-methyl/N-ethyl adjacent to an activating group) is 4. The first-order chi connectivity index (χ1) is 40.3. The van der Waals surface area contributed by atoms with Crippen LogP contribution in [0.15, 0.2) is 78.9 Å². The standard InChI is InChI=1S/C66H95FN8O11/c1-17-41(9)52-63(82)72(14)53(39(5)6)58(77)68-48(34-38(3)4)61(80)74(16)56(66(11,12)85)65(84)86-55(42(10)18-2)64(83)73(15)54(40(7)8)59(78)69-49(36-43-24-20-19-21-25-43)60(79)71(13)51(62(81)75-33-23-28-50(75)57(76)70-52)37-44-26-22-27-46(35-44)45-29-31-47(67)32-30-45/h19-22,24-27,29-32,35,38-42,48-56,85H,17-18,23,28,33-34,36-37H2,1-16H3,(H,68,77)(H,69,78)(H,70,76)/t41-,42-,48-,49-,50-,51-,52-,53?,54?,55+,56+/m0/s1. The van der Waals surface area contributed by atoms with Gasteiger partial charge in [-0.25, -0.2) is 9.18 Å². The first-order valence-electron chi connectivity index (χ1n) is 30.4. The minimum atomic E-state index is -1.99. The summed E-state index contributed by atoms with van der Waals surface area (Å²) in [5.74, 6) is -9.50. The van der Waals surface area contributed by atoms with Crippen molar-refractivity contribution in [3.05, 3.63) is 95.8 Å². The maximum Gasteiger partial charge on any atom is 0.332 e. The third-order valence-electron chi connectivity index (χ3n) is 17.1. The Hall–Kier alpha value is -7.22. The van der Waals surface area contributed by atoms with Gasteiger partial charge in [0.05, 0.1) is 5.60 Å². The molecule has 2 heterocycles. The predicted molar refractivity (Wildman–Crippen MR) is 327 cm³/mol. The first-order valence-corrected chi connectivity index (χ1v) is 30.4. The van der Waals surface area contributed by atoms with Crippen molar-refractivity contribution in [1.82, 2.24) is 40.4 Å². The second-order valence-electron chi connectivity index (χ2n) is 25.4. The van der Waals surface area contributed by atoms with Crippen molar-refractivity contribution in [3.63, 3.8) is 0 Å². The molecule has 2 saturated heterocycles. The summed E-state index contributed by atoms with van der Waals surface area (Å²) in [6.45, 7) is 20.5. The highest BCUT2D eigenvalue weighted by atomic mass is 19.1. The Labute approximate surface area is 508 Å². The highest BCUT2D eigenvalue weighted by Gasteiger charge is 2.48. The molecule has 19 nitrogen and oxygen atoms in total. The van der Waals surface area contributed by atoms with Crippen molar-refractivity contribution >= 4 is 53.2 Å². The predicted octanol–water partition coefficient (Wildman–Crippen LogP) is 6.18. The Morgan fingerprint density at radius 3 is 1.69 bits per heavy atom. The van der Waals surface area contributed by atoms with Gasteiger partial charge in [0.25, 0.3) is 5.91 Å². The zero-order valence-electron chi connectivity index (χ0n) is 53.4. The number of esters is 1. The van der Waals surface area contributed by atoms with Crippen molar-refractivity contribution in [1.29, 1.82) is 0 Å². The minimum absolute atomic E-state index is 0.0537. The van der Waals surface area contributed by atoms with E-state index in [0.717, 1.165) is 4.90 Å². The molecule has 5 rings (SSSR count). The summed E-state index contributed by atoms with van der Waals surface area (Å²) in [7, 11) is 5.61. The number of aliphatic hydroxyl groups is 1. The van der Waals surface area contributed by atoms with Gasteiger partial charge in [-0.1, -0.05) is 142 Å². The van der Waals surface area contributed by atoms with Crippen molar-refractivity contribution in [2.45, 2.75) is 188 Å². The smallest absolute Gasteiger partial charge is 0.332 e. The first kappa shape index (κ1) is 69.6. The van der Waals surface area contributed by atoms with Crippen LogP contribution in [0.5, 0.6) is 0 Å². The molecule has 472 valence electrons. The van der Waals surface area contributed by atoms with Crippen LogP contribution in [-0.4, -0.2) is 178 Å². The fourth-order valence-electron chi connectivity index (χ4n) is 11.9. The molecule has 4 N–H and O–H groups in total.